The van der Waals surface area contributed by atoms with Crippen molar-refractivity contribution >= 4 is 23.6 Å². The number of rotatable bonds is 3. The summed E-state index contributed by atoms with van der Waals surface area (Å²) in [5.74, 6) is -0.269. The lowest BCUT2D eigenvalue weighted by atomic mass is 10.2. The summed E-state index contributed by atoms with van der Waals surface area (Å²) < 4.78 is 5.49. The van der Waals surface area contributed by atoms with Crippen molar-refractivity contribution in [1.29, 1.82) is 0 Å². The van der Waals surface area contributed by atoms with E-state index in [1.165, 1.54) is 0 Å². The molecule has 146 valence electrons. The minimum Gasteiger partial charge on any atom is -0.459 e. The Balaban J connectivity index is 1.52. The maximum Gasteiger partial charge on any atom is 0.338 e. The number of nitrogens with one attached hydrogen (secondary N) is 1. The summed E-state index contributed by atoms with van der Waals surface area (Å²) in [5, 5.41) is 2.85. The lowest BCUT2D eigenvalue weighted by molar-refractivity contribution is -0.128. The van der Waals surface area contributed by atoms with E-state index < -0.39 is 0 Å². The molecule has 0 unspecified atom stereocenters. The van der Waals surface area contributed by atoms with Crippen molar-refractivity contribution in [2.24, 2.45) is 0 Å². The van der Waals surface area contributed by atoms with Crippen molar-refractivity contribution in [3.05, 3.63) is 29.8 Å². The fourth-order valence-corrected chi connectivity index (χ4v) is 3.55. The van der Waals surface area contributed by atoms with Crippen LogP contribution >= 0.6 is 0 Å². The van der Waals surface area contributed by atoms with Crippen LogP contribution in [-0.2, 0) is 9.53 Å². The molecule has 0 spiro atoms. The highest BCUT2D eigenvalue weighted by atomic mass is 16.5. The molecule has 0 bridgehead atoms. The van der Waals surface area contributed by atoms with Crippen molar-refractivity contribution < 1.29 is 19.1 Å². The number of anilines is 1. The Kier molecular flexibility index (Phi) is 6.32. The molecule has 7 heteroatoms. The number of carbonyl (C=O) groups excluding carboxylic acids is 3. The molecule has 1 saturated carbocycles. The van der Waals surface area contributed by atoms with Crippen molar-refractivity contribution in [3.63, 3.8) is 0 Å². The van der Waals surface area contributed by atoms with E-state index in [0.717, 1.165) is 32.1 Å². The first-order chi connectivity index (χ1) is 13.0. The van der Waals surface area contributed by atoms with Crippen LogP contribution in [0.1, 0.15) is 49.4 Å². The van der Waals surface area contributed by atoms with Gasteiger partial charge in [-0.1, -0.05) is 0 Å². The summed E-state index contributed by atoms with van der Waals surface area (Å²) in [7, 11) is 0. The summed E-state index contributed by atoms with van der Waals surface area (Å²) in [6.07, 6.45) is 4.91. The number of urea groups is 1. The number of carbonyl (C=O) groups is 3. The van der Waals surface area contributed by atoms with Crippen LogP contribution in [0.4, 0.5) is 10.5 Å². The third kappa shape index (κ3) is 5.21. The van der Waals surface area contributed by atoms with Gasteiger partial charge < -0.3 is 19.9 Å². The standard InChI is InChI=1S/C20H27N3O4/c1-15(24)22-11-4-12-23(14-13-22)20(26)21-17-9-7-16(8-10-17)19(25)27-18-5-2-3-6-18/h7-10,18H,2-6,11-14H2,1H3,(H,21,26). The number of ether oxygens (including phenoxy) is 1. The van der Waals surface area contributed by atoms with Crippen LogP contribution in [0.5, 0.6) is 0 Å². The second-order valence-corrected chi connectivity index (χ2v) is 7.17. The Morgan fingerprint density at radius 1 is 0.926 bits per heavy atom. The summed E-state index contributed by atoms with van der Waals surface area (Å²) in [4.78, 5) is 39.6. The van der Waals surface area contributed by atoms with E-state index in [1.54, 1.807) is 41.0 Å². The Hall–Kier alpha value is -2.57. The zero-order valence-corrected chi connectivity index (χ0v) is 15.8. The van der Waals surface area contributed by atoms with Gasteiger partial charge in [-0.05, 0) is 56.4 Å². The number of benzene rings is 1. The van der Waals surface area contributed by atoms with Crippen molar-refractivity contribution in [1.82, 2.24) is 9.80 Å². The molecule has 3 rings (SSSR count). The Morgan fingerprint density at radius 2 is 1.56 bits per heavy atom. The van der Waals surface area contributed by atoms with Gasteiger partial charge in [0.1, 0.15) is 6.10 Å². The maximum absolute atomic E-state index is 12.5. The number of hydrogen-bond donors (Lipinski definition) is 1. The minimum absolute atomic E-state index is 0.0366. The summed E-state index contributed by atoms with van der Waals surface area (Å²) >= 11 is 0. The normalized spacial score (nSPS) is 18.1. The number of hydrogen-bond acceptors (Lipinski definition) is 4. The summed E-state index contributed by atoms with van der Waals surface area (Å²) in [6, 6.07) is 6.58. The minimum atomic E-state index is -0.309. The monoisotopic (exact) mass is 373 g/mol. The molecular formula is C20H27N3O4. The first-order valence-corrected chi connectivity index (χ1v) is 9.65. The smallest absolute Gasteiger partial charge is 0.338 e. The van der Waals surface area contributed by atoms with Gasteiger partial charge in [-0.15, -0.1) is 0 Å². The molecule has 0 aromatic heterocycles. The van der Waals surface area contributed by atoms with E-state index in [9.17, 15) is 14.4 Å². The SMILES string of the molecule is CC(=O)N1CCCN(C(=O)Nc2ccc(C(=O)OC3CCCC3)cc2)CC1. The fraction of sp³-hybridized carbons (Fsp3) is 0.550. The van der Waals surface area contributed by atoms with Crippen molar-refractivity contribution in [3.8, 4) is 0 Å². The molecule has 1 saturated heterocycles. The van der Waals surface area contributed by atoms with Crippen LogP contribution in [0, 0.1) is 0 Å². The zero-order chi connectivity index (χ0) is 19.2. The highest BCUT2D eigenvalue weighted by molar-refractivity contribution is 5.92. The number of esters is 1. The van der Waals surface area contributed by atoms with Crippen LogP contribution in [-0.4, -0.2) is 60.0 Å². The molecule has 0 atom stereocenters. The number of nitrogens with zero attached hydrogens (tertiary/aromatic N) is 2. The largest absolute Gasteiger partial charge is 0.459 e. The molecular weight excluding hydrogens is 346 g/mol. The van der Waals surface area contributed by atoms with E-state index in [1.807, 2.05) is 0 Å². The predicted octanol–water partition coefficient (Wildman–Crippen LogP) is 2.87. The molecule has 1 aromatic rings. The number of amides is 3. The molecule has 1 N–H and O–H groups in total. The van der Waals surface area contributed by atoms with Gasteiger partial charge in [-0.3, -0.25) is 4.79 Å². The Labute approximate surface area is 159 Å². The second-order valence-electron chi connectivity index (χ2n) is 7.17. The third-order valence-corrected chi connectivity index (χ3v) is 5.18. The molecule has 1 aromatic carbocycles. The third-order valence-electron chi connectivity index (χ3n) is 5.18. The van der Waals surface area contributed by atoms with E-state index in [-0.39, 0.29) is 24.0 Å². The summed E-state index contributed by atoms with van der Waals surface area (Å²) in [6.45, 7) is 3.90. The average Bonchev–Trinajstić information content (AvgIpc) is 3.02. The highest BCUT2D eigenvalue weighted by Gasteiger charge is 2.21. The molecule has 0 radical (unpaired) electrons. The fourth-order valence-electron chi connectivity index (χ4n) is 3.55. The van der Waals surface area contributed by atoms with E-state index >= 15 is 0 Å². The molecule has 2 aliphatic rings. The van der Waals surface area contributed by atoms with Crippen molar-refractivity contribution in [2.75, 3.05) is 31.5 Å². The van der Waals surface area contributed by atoms with Gasteiger partial charge in [-0.2, -0.15) is 0 Å². The van der Waals surface area contributed by atoms with Gasteiger partial charge in [0.05, 0.1) is 5.56 Å². The van der Waals surface area contributed by atoms with Crippen LogP contribution in [0.15, 0.2) is 24.3 Å². The molecule has 1 aliphatic carbocycles. The Bertz CT molecular complexity index is 683. The van der Waals surface area contributed by atoms with Gasteiger partial charge in [0.25, 0.3) is 0 Å². The summed E-state index contributed by atoms with van der Waals surface area (Å²) in [5.41, 5.74) is 1.12. The van der Waals surface area contributed by atoms with Gasteiger partial charge in [0.2, 0.25) is 5.91 Å². The molecule has 7 nitrogen and oxygen atoms in total. The zero-order valence-electron chi connectivity index (χ0n) is 15.8. The Morgan fingerprint density at radius 3 is 2.22 bits per heavy atom. The lowest BCUT2D eigenvalue weighted by Gasteiger charge is -2.21. The van der Waals surface area contributed by atoms with Gasteiger partial charge >= 0.3 is 12.0 Å². The van der Waals surface area contributed by atoms with Crippen molar-refractivity contribution in [2.45, 2.75) is 45.1 Å². The van der Waals surface area contributed by atoms with Gasteiger partial charge in [0.15, 0.2) is 0 Å². The first kappa shape index (κ1) is 19.2. The average molecular weight is 373 g/mol. The maximum atomic E-state index is 12.5. The first-order valence-electron chi connectivity index (χ1n) is 9.65. The predicted molar refractivity (Wildman–Crippen MR) is 102 cm³/mol. The highest BCUT2D eigenvalue weighted by Crippen LogP contribution is 2.22. The van der Waals surface area contributed by atoms with Gasteiger partial charge in [0, 0.05) is 38.8 Å². The van der Waals surface area contributed by atoms with Crippen LogP contribution in [0.25, 0.3) is 0 Å². The van der Waals surface area contributed by atoms with Gasteiger partial charge in [-0.25, -0.2) is 9.59 Å². The van der Waals surface area contributed by atoms with Crippen LogP contribution in [0.2, 0.25) is 0 Å². The topological polar surface area (TPSA) is 79.0 Å². The van der Waals surface area contributed by atoms with Crippen LogP contribution in [0.3, 0.4) is 0 Å². The molecule has 2 fully saturated rings. The molecule has 27 heavy (non-hydrogen) atoms. The molecule has 3 amide bonds. The van der Waals surface area contributed by atoms with E-state index in [0.29, 0.717) is 37.4 Å². The lowest BCUT2D eigenvalue weighted by Crippen LogP contribution is -2.38. The quantitative estimate of drug-likeness (QED) is 0.827. The van der Waals surface area contributed by atoms with Crippen LogP contribution < -0.4 is 5.32 Å². The molecule has 1 heterocycles. The van der Waals surface area contributed by atoms with E-state index in [4.69, 9.17) is 4.74 Å². The van der Waals surface area contributed by atoms with E-state index in [2.05, 4.69) is 5.32 Å². The molecule has 1 aliphatic heterocycles. The second kappa shape index (κ2) is 8.88.